The number of nitrogens with one attached hydrogen (secondary N) is 1. The van der Waals surface area contributed by atoms with Crippen LogP contribution in [0.25, 0.3) is 0 Å². The molecule has 2 rings (SSSR count). The lowest BCUT2D eigenvalue weighted by atomic mass is 10.0. The van der Waals surface area contributed by atoms with E-state index in [0.717, 1.165) is 22.4 Å². The van der Waals surface area contributed by atoms with Crippen LogP contribution in [0.1, 0.15) is 39.7 Å². The molecule has 0 spiro atoms. The Morgan fingerprint density at radius 3 is 2.26 bits per heavy atom. The van der Waals surface area contributed by atoms with Gasteiger partial charge in [-0.1, -0.05) is 17.7 Å². The molecule has 0 radical (unpaired) electrons. The van der Waals surface area contributed by atoms with Crippen LogP contribution < -0.4 is 5.32 Å². The van der Waals surface area contributed by atoms with Gasteiger partial charge in [-0.2, -0.15) is 0 Å². The van der Waals surface area contributed by atoms with E-state index >= 15 is 0 Å². The van der Waals surface area contributed by atoms with Gasteiger partial charge in [-0.05, 0) is 51.8 Å². The summed E-state index contributed by atoms with van der Waals surface area (Å²) in [6, 6.07) is 5.51. The number of esters is 1. The molecule has 0 aliphatic rings. The smallest absolute Gasteiger partial charge is 0.342 e. The Hall–Kier alpha value is -2.56. The Balaban J connectivity index is 2.06. The summed E-state index contributed by atoms with van der Waals surface area (Å²) in [5.41, 5.74) is 4.16. The number of anilines is 1. The fourth-order valence-corrected chi connectivity index (χ4v) is 2.48. The number of hydrogen-bond acceptors (Lipinski definition) is 4. The second-order valence-electron chi connectivity index (χ2n) is 5.70. The second kappa shape index (κ2) is 6.69. The highest BCUT2D eigenvalue weighted by Gasteiger charge is 2.22. The van der Waals surface area contributed by atoms with Crippen molar-refractivity contribution in [2.45, 2.75) is 40.7 Å². The zero-order valence-corrected chi connectivity index (χ0v) is 14.0. The van der Waals surface area contributed by atoms with Crippen LogP contribution in [0.2, 0.25) is 0 Å². The van der Waals surface area contributed by atoms with Crippen LogP contribution in [0.5, 0.6) is 0 Å². The lowest BCUT2D eigenvalue weighted by Gasteiger charge is -2.16. The number of ether oxygens (including phenoxy) is 1. The van der Waals surface area contributed by atoms with E-state index in [-0.39, 0.29) is 5.91 Å². The second-order valence-corrected chi connectivity index (χ2v) is 5.70. The zero-order valence-electron chi connectivity index (χ0n) is 14.0. The number of aryl methyl sites for hydroxylation is 4. The molecule has 0 bridgehead atoms. The molecule has 122 valence electrons. The van der Waals surface area contributed by atoms with Gasteiger partial charge < -0.3 is 14.5 Å². The van der Waals surface area contributed by atoms with Gasteiger partial charge in [0.15, 0.2) is 6.10 Å². The third-order valence-electron chi connectivity index (χ3n) is 3.66. The Kier molecular flexibility index (Phi) is 4.89. The van der Waals surface area contributed by atoms with Gasteiger partial charge in [-0.15, -0.1) is 0 Å². The highest BCUT2D eigenvalue weighted by molar-refractivity contribution is 5.98. The van der Waals surface area contributed by atoms with Crippen LogP contribution in [-0.2, 0) is 9.53 Å². The maximum absolute atomic E-state index is 12.3. The molecule has 2 aromatic rings. The molecular weight excluding hydrogens is 294 g/mol. The number of benzene rings is 1. The van der Waals surface area contributed by atoms with Gasteiger partial charge in [-0.3, -0.25) is 4.79 Å². The predicted molar refractivity (Wildman–Crippen MR) is 87.6 cm³/mol. The number of amides is 1. The zero-order chi connectivity index (χ0) is 17.1. The van der Waals surface area contributed by atoms with Crippen molar-refractivity contribution < 1.29 is 18.7 Å². The third-order valence-corrected chi connectivity index (χ3v) is 3.66. The number of hydrogen-bond donors (Lipinski definition) is 1. The maximum Gasteiger partial charge on any atom is 0.342 e. The van der Waals surface area contributed by atoms with Crippen LogP contribution in [0.4, 0.5) is 5.69 Å². The first-order valence-electron chi connectivity index (χ1n) is 7.43. The highest BCUT2D eigenvalue weighted by Crippen LogP contribution is 2.22. The minimum Gasteiger partial charge on any atom is -0.469 e. The average molecular weight is 315 g/mol. The minimum atomic E-state index is -0.906. The number of rotatable bonds is 4. The van der Waals surface area contributed by atoms with E-state index in [4.69, 9.17) is 9.15 Å². The molecule has 0 aliphatic heterocycles. The van der Waals surface area contributed by atoms with Gasteiger partial charge in [0.05, 0.1) is 6.26 Å². The van der Waals surface area contributed by atoms with Gasteiger partial charge in [0.2, 0.25) is 0 Å². The van der Waals surface area contributed by atoms with Gasteiger partial charge in [0.1, 0.15) is 11.3 Å². The van der Waals surface area contributed by atoms with Crippen LogP contribution in [0.15, 0.2) is 28.9 Å². The number of furan rings is 1. The normalized spacial score (nSPS) is 11.9. The van der Waals surface area contributed by atoms with E-state index in [1.165, 1.54) is 12.3 Å². The van der Waals surface area contributed by atoms with E-state index in [9.17, 15) is 9.59 Å². The van der Waals surface area contributed by atoms with Crippen molar-refractivity contribution in [1.29, 1.82) is 0 Å². The highest BCUT2D eigenvalue weighted by atomic mass is 16.5. The molecule has 1 heterocycles. The molecule has 23 heavy (non-hydrogen) atoms. The predicted octanol–water partition coefficient (Wildman–Crippen LogP) is 3.70. The van der Waals surface area contributed by atoms with E-state index in [2.05, 4.69) is 5.32 Å². The molecule has 0 saturated heterocycles. The maximum atomic E-state index is 12.3. The summed E-state index contributed by atoms with van der Waals surface area (Å²) in [4.78, 5) is 24.3. The molecule has 5 nitrogen and oxygen atoms in total. The van der Waals surface area contributed by atoms with Crippen molar-refractivity contribution in [3.63, 3.8) is 0 Å². The molecule has 1 aromatic heterocycles. The van der Waals surface area contributed by atoms with E-state index in [0.29, 0.717) is 11.3 Å². The largest absolute Gasteiger partial charge is 0.469 e. The first kappa shape index (κ1) is 16.8. The van der Waals surface area contributed by atoms with E-state index in [1.54, 1.807) is 13.8 Å². The molecule has 1 N–H and O–H groups in total. The lowest BCUT2D eigenvalue weighted by Crippen LogP contribution is -2.30. The Labute approximate surface area is 135 Å². The number of carbonyl (C=O) groups excluding carboxylic acids is 2. The molecule has 0 unspecified atom stereocenters. The van der Waals surface area contributed by atoms with Crippen LogP contribution in [-0.4, -0.2) is 18.0 Å². The van der Waals surface area contributed by atoms with Crippen molar-refractivity contribution in [3.8, 4) is 0 Å². The van der Waals surface area contributed by atoms with Gasteiger partial charge >= 0.3 is 5.97 Å². The first-order chi connectivity index (χ1) is 10.8. The summed E-state index contributed by atoms with van der Waals surface area (Å²) in [6.07, 6.45) is 0.507. The average Bonchev–Trinajstić information content (AvgIpc) is 2.88. The molecule has 0 aliphatic carbocycles. The van der Waals surface area contributed by atoms with Crippen molar-refractivity contribution in [3.05, 3.63) is 52.5 Å². The first-order valence-corrected chi connectivity index (χ1v) is 7.43. The summed E-state index contributed by atoms with van der Waals surface area (Å²) in [6.45, 7) is 9.08. The lowest BCUT2D eigenvalue weighted by molar-refractivity contribution is -0.123. The number of carbonyl (C=O) groups is 2. The molecule has 0 saturated carbocycles. The van der Waals surface area contributed by atoms with Crippen LogP contribution >= 0.6 is 0 Å². The van der Waals surface area contributed by atoms with Crippen molar-refractivity contribution >= 4 is 17.6 Å². The third kappa shape index (κ3) is 3.80. The Bertz CT molecular complexity index is 722. The summed E-state index contributed by atoms with van der Waals surface area (Å²) in [5.74, 6) is -0.473. The summed E-state index contributed by atoms with van der Waals surface area (Å²) >= 11 is 0. The SMILES string of the molecule is Cc1cc(C)c(NC(=O)[C@H](C)OC(=O)c2ccoc2C)c(C)c1. The molecule has 0 fully saturated rings. The van der Waals surface area contributed by atoms with Crippen molar-refractivity contribution in [1.82, 2.24) is 0 Å². The van der Waals surface area contributed by atoms with Crippen molar-refractivity contribution in [2.24, 2.45) is 0 Å². The van der Waals surface area contributed by atoms with Crippen LogP contribution in [0.3, 0.4) is 0 Å². The topological polar surface area (TPSA) is 68.5 Å². The quantitative estimate of drug-likeness (QED) is 0.874. The Morgan fingerprint density at radius 1 is 1.13 bits per heavy atom. The fraction of sp³-hybridized carbons (Fsp3) is 0.333. The summed E-state index contributed by atoms with van der Waals surface area (Å²) in [5, 5.41) is 2.83. The molecule has 1 aromatic carbocycles. The van der Waals surface area contributed by atoms with Gasteiger partial charge in [0, 0.05) is 5.69 Å². The molecule has 1 atom stereocenters. The standard InChI is InChI=1S/C18H21NO4/c1-10-8-11(2)16(12(3)9-10)19-17(20)14(5)23-18(21)15-6-7-22-13(15)4/h6-9,14H,1-5H3,(H,19,20)/t14-/m0/s1. The molecular formula is C18H21NO4. The van der Waals surface area contributed by atoms with Crippen molar-refractivity contribution in [2.75, 3.05) is 5.32 Å². The van der Waals surface area contributed by atoms with Gasteiger partial charge in [0.25, 0.3) is 5.91 Å². The summed E-state index contributed by atoms with van der Waals surface area (Å²) in [7, 11) is 0. The van der Waals surface area contributed by atoms with E-state index in [1.807, 2.05) is 32.9 Å². The Morgan fingerprint density at radius 2 is 1.74 bits per heavy atom. The van der Waals surface area contributed by atoms with Crippen LogP contribution in [0, 0.1) is 27.7 Å². The van der Waals surface area contributed by atoms with Gasteiger partial charge in [-0.25, -0.2) is 4.79 Å². The molecule has 5 heteroatoms. The molecule has 1 amide bonds. The monoisotopic (exact) mass is 315 g/mol. The fourth-order valence-electron chi connectivity index (χ4n) is 2.48. The van der Waals surface area contributed by atoms with E-state index < -0.39 is 12.1 Å². The summed E-state index contributed by atoms with van der Waals surface area (Å²) < 4.78 is 10.3. The minimum absolute atomic E-state index is 0.326.